The molecule has 5 aliphatic rings. The Morgan fingerprint density at radius 2 is 1.66 bits per heavy atom. The average Bonchev–Trinajstić information content (AvgIpc) is 2.79. The fourth-order valence-corrected chi connectivity index (χ4v) is 10.9. The number of aliphatic carboxylic acids is 1. The van der Waals surface area contributed by atoms with E-state index in [0.29, 0.717) is 18.8 Å². The Morgan fingerprint density at radius 1 is 0.971 bits per heavy atom. The van der Waals surface area contributed by atoms with Gasteiger partial charge in [-0.2, -0.15) is 0 Å². The van der Waals surface area contributed by atoms with Gasteiger partial charge in [0.15, 0.2) is 0 Å². The topological polar surface area (TPSA) is 98.0 Å². The summed E-state index contributed by atoms with van der Waals surface area (Å²) in [5.74, 6) is -0.356. The van der Waals surface area contributed by atoms with Gasteiger partial charge in [0.2, 0.25) is 0 Å². The number of carbonyl (C=O) groups is 1. The van der Waals surface area contributed by atoms with Crippen molar-refractivity contribution in [2.75, 3.05) is 6.61 Å². The number of carboxylic acid groups (broad SMARTS) is 1. The lowest BCUT2D eigenvalue weighted by Gasteiger charge is -2.71. The van der Waals surface area contributed by atoms with Gasteiger partial charge in [0, 0.05) is 11.3 Å². The lowest BCUT2D eigenvalue weighted by molar-refractivity contribution is -0.225. The minimum Gasteiger partial charge on any atom is -0.481 e. The van der Waals surface area contributed by atoms with E-state index in [1.165, 1.54) is 5.57 Å². The van der Waals surface area contributed by atoms with E-state index in [1.807, 2.05) is 6.92 Å². The van der Waals surface area contributed by atoms with Gasteiger partial charge in [-0.3, -0.25) is 4.79 Å². The highest BCUT2D eigenvalue weighted by molar-refractivity contribution is 5.77. The summed E-state index contributed by atoms with van der Waals surface area (Å²) in [6.07, 6.45) is 9.32. The van der Waals surface area contributed by atoms with Crippen LogP contribution in [0.4, 0.5) is 0 Å². The van der Waals surface area contributed by atoms with Crippen LogP contribution >= 0.6 is 0 Å². The number of fused-ring (bicyclic) bond motifs is 7. The molecule has 5 nitrogen and oxygen atoms in total. The third kappa shape index (κ3) is 2.90. The third-order valence-electron chi connectivity index (χ3n) is 13.6. The zero-order valence-corrected chi connectivity index (χ0v) is 22.7. The molecule has 0 aliphatic heterocycles. The summed E-state index contributed by atoms with van der Waals surface area (Å²) < 4.78 is 0. The molecule has 0 bridgehead atoms. The molecule has 0 heterocycles. The van der Waals surface area contributed by atoms with Gasteiger partial charge >= 0.3 is 5.97 Å². The summed E-state index contributed by atoms with van der Waals surface area (Å²) in [5.41, 5.74) is -1.35. The Balaban J connectivity index is 1.64. The van der Waals surface area contributed by atoms with Gasteiger partial charge < -0.3 is 20.4 Å². The van der Waals surface area contributed by atoms with Crippen LogP contribution in [0.3, 0.4) is 0 Å². The zero-order chi connectivity index (χ0) is 25.8. The molecule has 5 rings (SSSR count). The van der Waals surface area contributed by atoms with Crippen LogP contribution in [0.2, 0.25) is 0 Å². The molecule has 4 fully saturated rings. The Morgan fingerprint density at radius 3 is 2.29 bits per heavy atom. The molecule has 4 saturated carbocycles. The molecule has 0 spiro atoms. The molecule has 0 unspecified atom stereocenters. The second-order valence-corrected chi connectivity index (χ2v) is 14.6. The monoisotopic (exact) mass is 488 g/mol. The number of aliphatic hydroxyl groups excluding tert-OH is 2. The number of hydrogen-bond acceptors (Lipinski definition) is 4. The van der Waals surface area contributed by atoms with Crippen LogP contribution in [0, 0.1) is 50.7 Å². The van der Waals surface area contributed by atoms with Crippen LogP contribution in [0.5, 0.6) is 0 Å². The lowest BCUT2D eigenvalue weighted by Crippen LogP contribution is -2.68. The standard InChI is InChI=1S/C30H48O5/c1-18-9-14-30(24(33)34)16-15-27(4)19(23(30)29(18,6)35)7-8-21-25(2)12-11-22(32)26(3,17-31)20(25)10-13-28(21,27)5/h7,18,20-23,31-32,35H,8-17H2,1-6H3,(H,33,34)/t18-,20+,21-,22-,23+,25+,26-,27-,28-,29-,30+/m1/s1. The molecule has 0 radical (unpaired) electrons. The smallest absolute Gasteiger partial charge is 0.310 e. The van der Waals surface area contributed by atoms with E-state index < -0.39 is 28.5 Å². The Bertz CT molecular complexity index is 941. The molecule has 5 aliphatic carbocycles. The molecule has 0 saturated heterocycles. The van der Waals surface area contributed by atoms with Gasteiger partial charge in [-0.15, -0.1) is 0 Å². The van der Waals surface area contributed by atoms with Crippen LogP contribution in [0.15, 0.2) is 11.6 Å². The van der Waals surface area contributed by atoms with Crippen molar-refractivity contribution in [3.63, 3.8) is 0 Å². The summed E-state index contributed by atoms with van der Waals surface area (Å²) in [5, 5.41) is 43.8. The SMILES string of the molecule is C[C@@H]1CC[C@]2(C(=O)O)CC[C@]3(C)C(=CC[C@@H]4[C@@]5(C)CC[C@@H](O)[C@](C)(CO)[C@H]5CC[C@]43C)[C@H]2[C@]1(C)O. The van der Waals surface area contributed by atoms with E-state index in [1.54, 1.807) is 0 Å². The van der Waals surface area contributed by atoms with Crippen molar-refractivity contribution < 1.29 is 25.2 Å². The first kappa shape index (κ1) is 25.7. The molecule has 4 N–H and O–H groups in total. The third-order valence-corrected chi connectivity index (χ3v) is 13.6. The van der Waals surface area contributed by atoms with Crippen molar-refractivity contribution in [2.45, 2.75) is 111 Å². The average molecular weight is 489 g/mol. The molecule has 0 aromatic carbocycles. The number of carboxylic acids is 1. The maximum absolute atomic E-state index is 12.8. The molecule has 0 amide bonds. The van der Waals surface area contributed by atoms with Gasteiger partial charge in [0.05, 0.1) is 23.7 Å². The van der Waals surface area contributed by atoms with E-state index in [0.717, 1.165) is 44.9 Å². The van der Waals surface area contributed by atoms with Gasteiger partial charge in [-0.25, -0.2) is 0 Å². The van der Waals surface area contributed by atoms with Crippen molar-refractivity contribution in [3.05, 3.63) is 11.6 Å². The first-order valence-electron chi connectivity index (χ1n) is 14.1. The number of hydrogen-bond donors (Lipinski definition) is 4. The Labute approximate surface area is 211 Å². The summed E-state index contributed by atoms with van der Waals surface area (Å²) in [7, 11) is 0. The van der Waals surface area contributed by atoms with Crippen LogP contribution < -0.4 is 0 Å². The normalized spacial score (nSPS) is 57.7. The Kier molecular flexibility index (Phi) is 5.56. The highest BCUT2D eigenvalue weighted by atomic mass is 16.4. The van der Waals surface area contributed by atoms with Gasteiger partial charge in [0.1, 0.15) is 0 Å². The van der Waals surface area contributed by atoms with Crippen molar-refractivity contribution in [2.24, 2.45) is 50.7 Å². The number of allylic oxidation sites excluding steroid dienone is 1. The van der Waals surface area contributed by atoms with E-state index in [-0.39, 0.29) is 40.6 Å². The largest absolute Gasteiger partial charge is 0.481 e. The number of rotatable bonds is 2. The van der Waals surface area contributed by atoms with Crippen LogP contribution in [-0.4, -0.2) is 44.7 Å². The highest BCUT2D eigenvalue weighted by Crippen LogP contribution is 2.76. The first-order valence-corrected chi connectivity index (χ1v) is 14.1. The van der Waals surface area contributed by atoms with Crippen LogP contribution in [-0.2, 0) is 4.79 Å². The van der Waals surface area contributed by atoms with Gasteiger partial charge in [-0.05, 0) is 98.7 Å². The van der Waals surface area contributed by atoms with Crippen molar-refractivity contribution in [1.29, 1.82) is 0 Å². The van der Waals surface area contributed by atoms with E-state index in [9.17, 15) is 25.2 Å². The van der Waals surface area contributed by atoms with Gasteiger partial charge in [-0.1, -0.05) is 46.3 Å². The second kappa shape index (κ2) is 7.57. The second-order valence-electron chi connectivity index (χ2n) is 14.6. The van der Waals surface area contributed by atoms with Crippen LogP contribution in [0.25, 0.3) is 0 Å². The molecule has 11 atom stereocenters. The van der Waals surface area contributed by atoms with Gasteiger partial charge in [0.25, 0.3) is 0 Å². The maximum Gasteiger partial charge on any atom is 0.310 e. The molecule has 0 aromatic heterocycles. The molecular formula is C30H48O5. The van der Waals surface area contributed by atoms with Crippen molar-refractivity contribution in [1.82, 2.24) is 0 Å². The van der Waals surface area contributed by atoms with E-state index >= 15 is 0 Å². The molecule has 0 aromatic rings. The van der Waals surface area contributed by atoms with E-state index in [2.05, 4.69) is 40.7 Å². The molecule has 35 heavy (non-hydrogen) atoms. The van der Waals surface area contributed by atoms with Crippen LogP contribution in [0.1, 0.15) is 99.3 Å². The maximum atomic E-state index is 12.8. The zero-order valence-electron chi connectivity index (χ0n) is 22.7. The minimum atomic E-state index is -1.04. The van der Waals surface area contributed by atoms with Crippen molar-refractivity contribution >= 4 is 5.97 Å². The summed E-state index contributed by atoms with van der Waals surface area (Å²) in [6.45, 7) is 13.3. The molecule has 198 valence electrons. The van der Waals surface area contributed by atoms with E-state index in [4.69, 9.17) is 0 Å². The Hall–Kier alpha value is -0.910. The minimum absolute atomic E-state index is 0.0115. The first-order chi connectivity index (χ1) is 16.1. The summed E-state index contributed by atoms with van der Waals surface area (Å²) in [4.78, 5) is 12.8. The quantitative estimate of drug-likeness (QED) is 0.402. The predicted molar refractivity (Wildman–Crippen MR) is 135 cm³/mol. The molecule has 5 heteroatoms. The summed E-state index contributed by atoms with van der Waals surface area (Å²) in [6, 6.07) is 0. The molecular weight excluding hydrogens is 440 g/mol. The fourth-order valence-electron chi connectivity index (χ4n) is 10.9. The lowest BCUT2D eigenvalue weighted by atomic mass is 9.33. The predicted octanol–water partition coefficient (Wildman–Crippen LogP) is 5.18. The fraction of sp³-hybridized carbons (Fsp3) is 0.900. The van der Waals surface area contributed by atoms with Crippen molar-refractivity contribution in [3.8, 4) is 0 Å². The number of aliphatic hydroxyl groups is 3. The highest BCUT2D eigenvalue weighted by Gasteiger charge is 2.71. The summed E-state index contributed by atoms with van der Waals surface area (Å²) >= 11 is 0.